The number of piperidine rings is 1. The number of carbonyl (C=O) groups excluding carboxylic acids is 1. The molecule has 7 rings (SSSR count). The average molecular weight is 648 g/mol. The zero-order valence-corrected chi connectivity index (χ0v) is 27.8. The van der Waals surface area contributed by atoms with Crippen LogP contribution in [-0.2, 0) is 28.4 Å². The van der Waals surface area contributed by atoms with Crippen LogP contribution in [0.1, 0.15) is 30.1 Å². The van der Waals surface area contributed by atoms with Gasteiger partial charge in [-0.25, -0.2) is 4.79 Å². The van der Waals surface area contributed by atoms with Gasteiger partial charge in [0.05, 0.1) is 37.6 Å². The molecule has 256 valence electrons. The number of likely N-dealkylation sites (tertiary alicyclic amines) is 1. The van der Waals surface area contributed by atoms with Crippen LogP contribution < -0.4 is 4.74 Å². The molecule has 12 nitrogen and oxygen atoms in total. The number of methoxy groups -OCH3 is 6. The van der Waals surface area contributed by atoms with Crippen molar-refractivity contribution >= 4 is 5.97 Å². The minimum absolute atomic E-state index is 0.172. The van der Waals surface area contributed by atoms with Crippen LogP contribution in [0.15, 0.2) is 24.3 Å². The highest BCUT2D eigenvalue weighted by Crippen LogP contribution is 2.80. The number of nitrogens with zero attached hydrogens (tertiary/aromatic N) is 1. The van der Waals surface area contributed by atoms with Crippen LogP contribution in [-0.4, -0.2) is 142 Å². The van der Waals surface area contributed by atoms with Crippen molar-refractivity contribution in [1.29, 1.82) is 0 Å². The van der Waals surface area contributed by atoms with E-state index in [0.717, 1.165) is 0 Å². The van der Waals surface area contributed by atoms with Crippen LogP contribution in [0.25, 0.3) is 0 Å². The van der Waals surface area contributed by atoms with E-state index in [1.165, 1.54) is 7.11 Å². The van der Waals surface area contributed by atoms with Crippen molar-refractivity contribution in [2.24, 2.45) is 34.5 Å². The summed E-state index contributed by atoms with van der Waals surface area (Å²) in [6, 6.07) is 6.43. The van der Waals surface area contributed by atoms with Gasteiger partial charge in [-0.05, 0) is 43.1 Å². The number of rotatable bonds is 10. The summed E-state index contributed by atoms with van der Waals surface area (Å²) in [7, 11) is 9.61. The molecular weight excluding hydrogens is 598 g/mol. The molecule has 3 N–H and O–H groups in total. The largest absolute Gasteiger partial charge is 0.497 e. The Morgan fingerprint density at radius 3 is 2.26 bits per heavy atom. The van der Waals surface area contributed by atoms with E-state index in [1.54, 1.807) is 59.8 Å². The minimum atomic E-state index is -1.74. The molecule has 2 unspecified atom stereocenters. The summed E-state index contributed by atoms with van der Waals surface area (Å²) < 4.78 is 43.0. The second kappa shape index (κ2) is 11.1. The first-order chi connectivity index (χ1) is 22.1. The number of hydrogen-bond donors (Lipinski definition) is 3. The van der Waals surface area contributed by atoms with E-state index in [-0.39, 0.29) is 24.3 Å². The summed E-state index contributed by atoms with van der Waals surface area (Å²) in [4.78, 5) is 16.2. The molecule has 5 saturated carbocycles. The predicted octanol–water partition coefficient (Wildman–Crippen LogP) is 0.740. The Labute approximate surface area is 270 Å². The summed E-state index contributed by atoms with van der Waals surface area (Å²) >= 11 is 0. The highest BCUT2D eigenvalue weighted by Gasteiger charge is 2.91. The van der Waals surface area contributed by atoms with Gasteiger partial charge in [0.25, 0.3) is 0 Å². The molecule has 12 heteroatoms. The van der Waals surface area contributed by atoms with Crippen molar-refractivity contribution in [2.45, 2.75) is 73.6 Å². The molecule has 1 aliphatic heterocycles. The molecule has 1 aromatic carbocycles. The number of benzene rings is 1. The maximum Gasteiger partial charge on any atom is 0.338 e. The van der Waals surface area contributed by atoms with Gasteiger partial charge < -0.3 is 48.5 Å². The van der Waals surface area contributed by atoms with Gasteiger partial charge in [0, 0.05) is 83.1 Å². The monoisotopic (exact) mass is 647 g/mol. The van der Waals surface area contributed by atoms with Crippen molar-refractivity contribution < 1.29 is 53.3 Å². The Kier molecular flexibility index (Phi) is 7.87. The summed E-state index contributed by atoms with van der Waals surface area (Å²) in [5, 5.41) is 37.2. The van der Waals surface area contributed by atoms with Gasteiger partial charge in [0.15, 0.2) is 0 Å². The standard InChI is InChI=1S/C34H49NO11/c1-8-35-15-31(16-40-2)20(36)13-21(42-4)33-19-14-32(39)28(46-30(38)17-9-11-18(41-3)12-10-17)22(19)34(45-7,27(37)29(32)44-6)23(26(33)35)24(43-5)25(31)33/h9-12,19-29,36-37,39H,8,13-16H2,1-7H3/t19-,20-,21+,22-,23?,24+,25-,26?,27+,28-,29+,31+,32-,33+,34-/m1/s1. The summed E-state index contributed by atoms with van der Waals surface area (Å²) in [5.41, 5.74) is -4.16. The van der Waals surface area contributed by atoms with E-state index < -0.39 is 76.5 Å². The highest BCUT2D eigenvalue weighted by atomic mass is 16.6. The molecule has 1 saturated heterocycles. The molecule has 1 aromatic rings. The fraction of sp³-hybridized carbons (Fsp3) is 0.794. The number of hydrogen-bond acceptors (Lipinski definition) is 12. The van der Waals surface area contributed by atoms with Crippen LogP contribution in [0.3, 0.4) is 0 Å². The number of aliphatic hydroxyl groups excluding tert-OH is 2. The van der Waals surface area contributed by atoms with E-state index in [1.807, 2.05) is 0 Å². The Morgan fingerprint density at radius 1 is 0.978 bits per heavy atom. The maximum absolute atomic E-state index is 13.8. The Balaban J connectivity index is 1.47. The van der Waals surface area contributed by atoms with E-state index in [0.29, 0.717) is 37.4 Å². The molecule has 6 aliphatic rings. The molecular formula is C34H49NO11. The maximum atomic E-state index is 13.8. The number of esters is 1. The van der Waals surface area contributed by atoms with Crippen LogP contribution in [0.4, 0.5) is 0 Å². The van der Waals surface area contributed by atoms with E-state index in [4.69, 9.17) is 33.2 Å². The van der Waals surface area contributed by atoms with Crippen LogP contribution in [0.5, 0.6) is 5.75 Å². The Hall–Kier alpha value is -1.87. The zero-order chi connectivity index (χ0) is 33.0. The second-order valence-electron chi connectivity index (χ2n) is 14.4. The Bertz CT molecular complexity index is 1330. The zero-order valence-electron chi connectivity index (χ0n) is 27.8. The number of aliphatic hydroxyl groups is 3. The third-order valence-electron chi connectivity index (χ3n) is 13.5. The number of ether oxygens (including phenoxy) is 7. The molecule has 1 heterocycles. The molecule has 6 fully saturated rings. The SMILES string of the molecule is CCN1C[C@]2(COC)[C@H](O)C[C@H](OC)[C@]34C1C([C@H](OC)[C@H]23)[C@]1(OC)[C@H]2[C@@H](OC(=O)c3ccc(OC)cc3)[C@](O)(C[C@H]24)[C@@H](OC)[C@@H]1O. The van der Waals surface area contributed by atoms with Crippen molar-refractivity contribution in [3.05, 3.63) is 29.8 Å². The molecule has 46 heavy (non-hydrogen) atoms. The van der Waals surface area contributed by atoms with Crippen molar-refractivity contribution in [3.8, 4) is 5.75 Å². The van der Waals surface area contributed by atoms with Crippen LogP contribution in [0, 0.1) is 34.5 Å². The van der Waals surface area contributed by atoms with Gasteiger partial charge in [0.2, 0.25) is 0 Å². The van der Waals surface area contributed by atoms with Gasteiger partial charge in [-0.3, -0.25) is 4.90 Å². The number of carbonyl (C=O) groups is 1. The van der Waals surface area contributed by atoms with E-state index in [2.05, 4.69) is 11.8 Å². The molecule has 0 amide bonds. The summed E-state index contributed by atoms with van der Waals surface area (Å²) in [6.07, 6.45) is -4.57. The lowest BCUT2D eigenvalue weighted by Crippen LogP contribution is -2.81. The lowest BCUT2D eigenvalue weighted by molar-refractivity contribution is -0.325. The smallest absolute Gasteiger partial charge is 0.338 e. The van der Waals surface area contributed by atoms with Gasteiger partial charge in [0.1, 0.15) is 35.3 Å². The van der Waals surface area contributed by atoms with E-state index >= 15 is 0 Å². The summed E-state index contributed by atoms with van der Waals surface area (Å²) in [5.74, 6) is -1.73. The molecule has 1 spiro atoms. The topological polar surface area (TPSA) is 146 Å². The average Bonchev–Trinajstić information content (AvgIpc) is 3.43. The second-order valence-corrected chi connectivity index (χ2v) is 14.4. The minimum Gasteiger partial charge on any atom is -0.497 e. The number of fused-ring (bicyclic) bond motifs is 2. The fourth-order valence-corrected chi connectivity index (χ4v) is 12.4. The van der Waals surface area contributed by atoms with Crippen LogP contribution in [0.2, 0.25) is 0 Å². The molecule has 0 radical (unpaired) electrons. The molecule has 7 bridgehead atoms. The first kappa shape index (κ1) is 32.7. The highest BCUT2D eigenvalue weighted by molar-refractivity contribution is 5.89. The predicted molar refractivity (Wildman–Crippen MR) is 162 cm³/mol. The van der Waals surface area contributed by atoms with Crippen LogP contribution >= 0.6 is 0 Å². The summed E-state index contributed by atoms with van der Waals surface area (Å²) in [6.45, 7) is 3.64. The van der Waals surface area contributed by atoms with Gasteiger partial charge in [-0.15, -0.1) is 0 Å². The van der Waals surface area contributed by atoms with Gasteiger partial charge in [-0.2, -0.15) is 0 Å². The van der Waals surface area contributed by atoms with Gasteiger partial charge >= 0.3 is 5.97 Å². The third kappa shape index (κ3) is 3.58. The fourth-order valence-electron chi connectivity index (χ4n) is 12.4. The Morgan fingerprint density at radius 2 is 1.70 bits per heavy atom. The lowest BCUT2D eigenvalue weighted by Gasteiger charge is -2.70. The molecule has 0 aromatic heterocycles. The van der Waals surface area contributed by atoms with Crippen molar-refractivity contribution in [2.75, 3.05) is 62.4 Å². The first-order valence-corrected chi connectivity index (χ1v) is 16.4. The van der Waals surface area contributed by atoms with E-state index in [9.17, 15) is 20.1 Å². The van der Waals surface area contributed by atoms with Crippen molar-refractivity contribution in [3.63, 3.8) is 0 Å². The van der Waals surface area contributed by atoms with Gasteiger partial charge in [-0.1, -0.05) is 6.92 Å². The molecule has 5 aliphatic carbocycles. The first-order valence-electron chi connectivity index (χ1n) is 16.4. The molecule has 15 atom stereocenters. The third-order valence-corrected chi connectivity index (χ3v) is 13.5. The quantitative estimate of drug-likeness (QED) is 0.308. The normalized spacial score (nSPS) is 50.0. The lowest BCUT2D eigenvalue weighted by atomic mass is 9.42. The van der Waals surface area contributed by atoms with Crippen molar-refractivity contribution in [1.82, 2.24) is 4.90 Å².